The van der Waals surface area contributed by atoms with E-state index in [0.717, 1.165) is 43.4 Å². The molecule has 0 spiro atoms. The average Bonchev–Trinajstić information content (AvgIpc) is 2.54. The van der Waals surface area contributed by atoms with Gasteiger partial charge in [0.2, 0.25) is 11.8 Å². The van der Waals surface area contributed by atoms with E-state index in [4.69, 9.17) is 0 Å². The van der Waals surface area contributed by atoms with Crippen LogP contribution >= 0.6 is 0 Å². The molecule has 4 heteroatoms. The highest BCUT2D eigenvalue weighted by Crippen LogP contribution is 2.25. The summed E-state index contributed by atoms with van der Waals surface area (Å²) in [6.07, 6.45) is 6.85. The second-order valence-electron chi connectivity index (χ2n) is 6.31. The third-order valence-corrected chi connectivity index (χ3v) is 4.32. The van der Waals surface area contributed by atoms with Gasteiger partial charge in [0.05, 0.1) is 0 Å². The first-order chi connectivity index (χ1) is 10.6. The molecule has 0 aliphatic heterocycles. The summed E-state index contributed by atoms with van der Waals surface area (Å²) in [6.45, 7) is 0. The molecule has 0 heterocycles. The van der Waals surface area contributed by atoms with Gasteiger partial charge in [0, 0.05) is 32.1 Å². The minimum atomic E-state index is 0.134. The van der Waals surface area contributed by atoms with E-state index in [1.807, 2.05) is 24.3 Å². The number of nitrogens with one attached hydrogen (secondary N) is 1. The van der Waals surface area contributed by atoms with Crippen LogP contribution in [0, 0.1) is 5.92 Å². The van der Waals surface area contributed by atoms with Crippen molar-refractivity contribution < 1.29 is 9.59 Å². The van der Waals surface area contributed by atoms with Gasteiger partial charge in [0.15, 0.2) is 0 Å². The summed E-state index contributed by atoms with van der Waals surface area (Å²) in [4.78, 5) is 25.4. The molecule has 120 valence electrons. The molecule has 1 fully saturated rings. The number of hydrogen-bond donors (Lipinski definition) is 1. The molecule has 1 N–H and O–H groups in total. The van der Waals surface area contributed by atoms with Gasteiger partial charge in [0.1, 0.15) is 0 Å². The molecule has 0 unspecified atom stereocenters. The van der Waals surface area contributed by atoms with Crippen molar-refractivity contribution in [1.29, 1.82) is 0 Å². The van der Waals surface area contributed by atoms with Gasteiger partial charge < -0.3 is 10.2 Å². The number of hydrogen-bond acceptors (Lipinski definition) is 2. The third kappa shape index (κ3) is 4.86. The van der Waals surface area contributed by atoms with Gasteiger partial charge in [-0.25, -0.2) is 0 Å². The second-order valence-corrected chi connectivity index (χ2v) is 6.31. The van der Waals surface area contributed by atoms with Crippen LogP contribution in [-0.2, 0) is 16.0 Å². The summed E-state index contributed by atoms with van der Waals surface area (Å²) >= 11 is 0. The number of aryl methyl sites for hydroxylation is 1. The van der Waals surface area contributed by atoms with Gasteiger partial charge in [-0.15, -0.1) is 0 Å². The Bertz CT molecular complexity index is 502. The van der Waals surface area contributed by atoms with E-state index in [-0.39, 0.29) is 17.7 Å². The van der Waals surface area contributed by atoms with Gasteiger partial charge in [-0.2, -0.15) is 0 Å². The van der Waals surface area contributed by atoms with Crippen LogP contribution in [0.4, 0.5) is 5.69 Å². The van der Waals surface area contributed by atoms with Gasteiger partial charge in [-0.1, -0.05) is 31.4 Å². The molecular formula is C18H26N2O2. The topological polar surface area (TPSA) is 49.4 Å². The maximum absolute atomic E-state index is 12.2. The van der Waals surface area contributed by atoms with Gasteiger partial charge >= 0.3 is 0 Å². The molecule has 1 aliphatic carbocycles. The van der Waals surface area contributed by atoms with Crippen molar-refractivity contribution in [3.63, 3.8) is 0 Å². The lowest BCUT2D eigenvalue weighted by molar-refractivity contribution is -0.128. The number of carbonyl (C=O) groups excluding carboxylic acids is 2. The van der Waals surface area contributed by atoms with E-state index in [9.17, 15) is 9.59 Å². The molecule has 1 aliphatic rings. The molecule has 0 saturated heterocycles. The lowest BCUT2D eigenvalue weighted by Crippen LogP contribution is -2.24. The van der Waals surface area contributed by atoms with Crippen LogP contribution in [0.3, 0.4) is 0 Å². The number of amides is 2. The Kier molecular flexibility index (Phi) is 5.99. The zero-order valence-corrected chi connectivity index (χ0v) is 13.6. The van der Waals surface area contributed by atoms with Crippen LogP contribution in [0.2, 0.25) is 0 Å². The number of carbonyl (C=O) groups is 2. The van der Waals surface area contributed by atoms with E-state index in [1.54, 1.807) is 19.0 Å². The smallest absolute Gasteiger partial charge is 0.227 e. The van der Waals surface area contributed by atoms with E-state index in [1.165, 1.54) is 6.42 Å². The predicted octanol–water partition coefficient (Wildman–Crippen LogP) is 3.23. The molecule has 1 aromatic rings. The molecule has 1 aromatic carbocycles. The van der Waals surface area contributed by atoms with Gasteiger partial charge in [0.25, 0.3) is 0 Å². The van der Waals surface area contributed by atoms with Crippen molar-refractivity contribution in [3.8, 4) is 0 Å². The first kappa shape index (κ1) is 16.5. The van der Waals surface area contributed by atoms with E-state index >= 15 is 0 Å². The maximum atomic E-state index is 12.2. The number of anilines is 1. The maximum Gasteiger partial charge on any atom is 0.227 e. The molecule has 2 amide bonds. The van der Waals surface area contributed by atoms with E-state index in [0.29, 0.717) is 6.42 Å². The minimum Gasteiger partial charge on any atom is -0.349 e. The van der Waals surface area contributed by atoms with Crippen LogP contribution in [0.5, 0.6) is 0 Å². The summed E-state index contributed by atoms with van der Waals surface area (Å²) in [7, 11) is 3.54. The minimum absolute atomic E-state index is 0.134. The highest BCUT2D eigenvalue weighted by atomic mass is 16.2. The van der Waals surface area contributed by atoms with Crippen molar-refractivity contribution in [2.24, 2.45) is 5.92 Å². The Morgan fingerprint density at radius 1 is 1.09 bits per heavy atom. The normalized spacial score (nSPS) is 15.4. The molecule has 2 rings (SSSR count). The van der Waals surface area contributed by atoms with Crippen molar-refractivity contribution in [1.82, 2.24) is 4.90 Å². The van der Waals surface area contributed by atoms with Crippen LogP contribution < -0.4 is 5.32 Å². The average molecular weight is 302 g/mol. The zero-order valence-electron chi connectivity index (χ0n) is 13.6. The Hall–Kier alpha value is -1.84. The highest BCUT2D eigenvalue weighted by molar-refractivity contribution is 5.92. The third-order valence-electron chi connectivity index (χ3n) is 4.32. The van der Waals surface area contributed by atoms with Crippen molar-refractivity contribution in [3.05, 3.63) is 29.8 Å². The lowest BCUT2D eigenvalue weighted by Gasteiger charge is -2.20. The molecule has 4 nitrogen and oxygen atoms in total. The Morgan fingerprint density at radius 2 is 1.73 bits per heavy atom. The Morgan fingerprint density at radius 3 is 2.32 bits per heavy atom. The first-order valence-corrected chi connectivity index (χ1v) is 8.16. The van der Waals surface area contributed by atoms with Crippen LogP contribution in [-0.4, -0.2) is 30.8 Å². The number of benzene rings is 1. The molecule has 0 atom stereocenters. The highest BCUT2D eigenvalue weighted by Gasteiger charge is 2.20. The molecule has 0 bridgehead atoms. The molecular weight excluding hydrogens is 276 g/mol. The first-order valence-electron chi connectivity index (χ1n) is 8.16. The summed E-state index contributed by atoms with van der Waals surface area (Å²) in [5.41, 5.74) is 1.96. The monoisotopic (exact) mass is 302 g/mol. The Balaban J connectivity index is 1.83. The number of nitrogens with zero attached hydrogens (tertiary/aromatic N) is 1. The standard InChI is InChI=1S/C18H26N2O2/c1-20(2)17(21)13-10-14-8-11-16(12-9-14)19-18(22)15-6-4-3-5-7-15/h8-9,11-12,15H,3-7,10,13H2,1-2H3,(H,19,22). The van der Waals surface area contributed by atoms with Gasteiger partial charge in [-0.3, -0.25) is 9.59 Å². The van der Waals surface area contributed by atoms with Crippen LogP contribution in [0.25, 0.3) is 0 Å². The summed E-state index contributed by atoms with van der Waals surface area (Å²) in [5.74, 6) is 0.455. The molecule has 1 saturated carbocycles. The fourth-order valence-corrected chi connectivity index (χ4v) is 2.84. The van der Waals surface area contributed by atoms with E-state index < -0.39 is 0 Å². The largest absolute Gasteiger partial charge is 0.349 e. The van der Waals surface area contributed by atoms with Gasteiger partial charge in [-0.05, 0) is 37.0 Å². The van der Waals surface area contributed by atoms with Crippen LogP contribution in [0.1, 0.15) is 44.1 Å². The fourth-order valence-electron chi connectivity index (χ4n) is 2.84. The summed E-state index contributed by atoms with van der Waals surface area (Å²) in [6, 6.07) is 7.82. The predicted molar refractivity (Wildman–Crippen MR) is 88.7 cm³/mol. The summed E-state index contributed by atoms with van der Waals surface area (Å²) in [5, 5.41) is 3.01. The second kappa shape index (κ2) is 7.97. The SMILES string of the molecule is CN(C)C(=O)CCc1ccc(NC(=O)C2CCCCC2)cc1. The number of rotatable bonds is 5. The zero-order chi connectivity index (χ0) is 15.9. The molecule has 0 radical (unpaired) electrons. The lowest BCUT2D eigenvalue weighted by atomic mass is 9.88. The summed E-state index contributed by atoms with van der Waals surface area (Å²) < 4.78 is 0. The van der Waals surface area contributed by atoms with Crippen molar-refractivity contribution in [2.75, 3.05) is 19.4 Å². The van der Waals surface area contributed by atoms with Crippen LogP contribution in [0.15, 0.2) is 24.3 Å². The molecule has 0 aromatic heterocycles. The van der Waals surface area contributed by atoms with Crippen molar-refractivity contribution in [2.45, 2.75) is 44.9 Å². The fraction of sp³-hybridized carbons (Fsp3) is 0.556. The van der Waals surface area contributed by atoms with Crippen molar-refractivity contribution >= 4 is 17.5 Å². The Labute approximate surface area is 132 Å². The quantitative estimate of drug-likeness (QED) is 0.908. The molecule has 22 heavy (non-hydrogen) atoms. The van der Waals surface area contributed by atoms with E-state index in [2.05, 4.69) is 5.32 Å².